The normalized spacial score (nSPS) is 11.8. The fourth-order valence-corrected chi connectivity index (χ4v) is 1.28. The third-order valence-corrected chi connectivity index (χ3v) is 1.93. The third-order valence-electron chi connectivity index (χ3n) is 1.93. The summed E-state index contributed by atoms with van der Waals surface area (Å²) >= 11 is 0. The molecule has 17 heavy (non-hydrogen) atoms. The highest BCUT2D eigenvalue weighted by Gasteiger charge is 2.32. The van der Waals surface area contributed by atoms with Gasteiger partial charge in [0.25, 0.3) is 0 Å². The minimum Gasteiger partial charge on any atom is -0.491 e. The van der Waals surface area contributed by atoms with Gasteiger partial charge in [0.05, 0.1) is 11.7 Å². The second-order valence-corrected chi connectivity index (χ2v) is 3.83. The number of hydrogen-bond acceptors (Lipinski definition) is 3. The molecule has 0 radical (unpaired) electrons. The van der Waals surface area contributed by atoms with E-state index in [1.165, 1.54) is 6.07 Å². The molecule has 0 aromatic heterocycles. The fraction of sp³-hybridized carbons (Fsp3) is 0.400. The molecule has 0 spiro atoms. The summed E-state index contributed by atoms with van der Waals surface area (Å²) in [5, 5.41) is 17.8. The lowest BCUT2D eigenvalue weighted by Crippen LogP contribution is -2.31. The molecule has 0 unspecified atom stereocenters. The van der Waals surface area contributed by atoms with Crippen LogP contribution in [0.1, 0.15) is 19.4 Å². The van der Waals surface area contributed by atoms with Gasteiger partial charge in [0.1, 0.15) is 5.75 Å². The van der Waals surface area contributed by atoms with Crippen LogP contribution in [0.4, 0.5) is 13.2 Å². The van der Waals surface area contributed by atoms with Gasteiger partial charge in [0.2, 0.25) is 0 Å². The predicted octanol–water partition coefficient (Wildman–Crippen LogP) is 1.17. The lowest BCUT2D eigenvalue weighted by atomic mass is 9.79. The lowest BCUT2D eigenvalue weighted by molar-refractivity contribution is -0.137. The zero-order valence-electron chi connectivity index (χ0n) is 9.32. The highest BCUT2D eigenvalue weighted by molar-refractivity contribution is 6.58. The number of ether oxygens (including phenoxy) is 1. The van der Waals surface area contributed by atoms with E-state index in [2.05, 4.69) is 0 Å². The second kappa shape index (κ2) is 4.97. The number of hydrogen-bond donors (Lipinski definition) is 2. The molecule has 0 atom stereocenters. The molecule has 0 aliphatic rings. The van der Waals surface area contributed by atoms with Gasteiger partial charge in [-0.25, -0.2) is 0 Å². The summed E-state index contributed by atoms with van der Waals surface area (Å²) in [6.45, 7) is 3.32. The molecule has 0 aliphatic carbocycles. The van der Waals surface area contributed by atoms with Gasteiger partial charge in [-0.2, -0.15) is 13.2 Å². The van der Waals surface area contributed by atoms with Crippen molar-refractivity contribution in [1.82, 2.24) is 0 Å². The maximum atomic E-state index is 12.5. The van der Waals surface area contributed by atoms with Crippen LogP contribution in [-0.4, -0.2) is 23.3 Å². The summed E-state index contributed by atoms with van der Waals surface area (Å²) < 4.78 is 42.7. The van der Waals surface area contributed by atoms with E-state index in [1.54, 1.807) is 13.8 Å². The van der Waals surface area contributed by atoms with E-state index in [1.807, 2.05) is 0 Å². The van der Waals surface area contributed by atoms with E-state index in [0.717, 1.165) is 6.07 Å². The Kier molecular flexibility index (Phi) is 4.05. The summed E-state index contributed by atoms with van der Waals surface area (Å²) in [5.41, 5.74) is -1.23. The Labute approximate surface area is 97.0 Å². The summed E-state index contributed by atoms with van der Waals surface area (Å²) in [6.07, 6.45) is -4.86. The smallest absolute Gasteiger partial charge is 0.488 e. The number of halogens is 3. The first-order chi connectivity index (χ1) is 7.70. The van der Waals surface area contributed by atoms with Crippen LogP contribution in [0.15, 0.2) is 18.2 Å². The molecule has 0 heterocycles. The molecule has 1 aromatic rings. The van der Waals surface area contributed by atoms with E-state index in [-0.39, 0.29) is 17.3 Å². The van der Waals surface area contributed by atoms with E-state index in [0.29, 0.717) is 6.07 Å². The molecule has 0 fully saturated rings. The second-order valence-electron chi connectivity index (χ2n) is 3.83. The first kappa shape index (κ1) is 13.9. The summed E-state index contributed by atoms with van der Waals surface area (Å²) in [7, 11) is -1.97. The van der Waals surface area contributed by atoms with Crippen LogP contribution in [0, 0.1) is 0 Å². The van der Waals surface area contributed by atoms with Crippen molar-refractivity contribution in [2.24, 2.45) is 0 Å². The minimum atomic E-state index is -4.56. The first-order valence-corrected chi connectivity index (χ1v) is 4.95. The Hall–Kier alpha value is -1.21. The van der Waals surface area contributed by atoms with Gasteiger partial charge in [-0.05, 0) is 37.5 Å². The first-order valence-electron chi connectivity index (χ1n) is 4.95. The largest absolute Gasteiger partial charge is 0.491 e. The van der Waals surface area contributed by atoms with Crippen LogP contribution >= 0.6 is 0 Å². The van der Waals surface area contributed by atoms with Crippen LogP contribution in [-0.2, 0) is 6.18 Å². The van der Waals surface area contributed by atoms with Gasteiger partial charge in [-0.1, -0.05) is 0 Å². The van der Waals surface area contributed by atoms with Crippen molar-refractivity contribution < 1.29 is 28.0 Å². The Morgan fingerprint density at radius 3 is 2.18 bits per heavy atom. The predicted molar refractivity (Wildman–Crippen MR) is 57.0 cm³/mol. The molecule has 7 heteroatoms. The van der Waals surface area contributed by atoms with Crippen molar-refractivity contribution in [3.05, 3.63) is 23.8 Å². The number of rotatable bonds is 3. The molecule has 3 nitrogen and oxygen atoms in total. The van der Waals surface area contributed by atoms with Crippen LogP contribution in [0.2, 0.25) is 0 Å². The zero-order valence-corrected chi connectivity index (χ0v) is 9.32. The van der Waals surface area contributed by atoms with Gasteiger partial charge >= 0.3 is 13.3 Å². The van der Waals surface area contributed by atoms with Crippen LogP contribution in [0.25, 0.3) is 0 Å². The average Bonchev–Trinajstić information content (AvgIpc) is 2.14. The van der Waals surface area contributed by atoms with Crippen LogP contribution < -0.4 is 10.2 Å². The highest BCUT2D eigenvalue weighted by atomic mass is 19.4. The van der Waals surface area contributed by atoms with E-state index in [4.69, 9.17) is 14.8 Å². The average molecular weight is 248 g/mol. The highest BCUT2D eigenvalue weighted by Crippen LogP contribution is 2.31. The van der Waals surface area contributed by atoms with E-state index >= 15 is 0 Å². The molecule has 0 bridgehead atoms. The molecule has 2 N–H and O–H groups in total. The molecule has 0 aliphatic heterocycles. The lowest BCUT2D eigenvalue weighted by Gasteiger charge is -2.14. The molecule has 1 aromatic carbocycles. The fourth-order valence-electron chi connectivity index (χ4n) is 1.28. The monoisotopic (exact) mass is 248 g/mol. The summed E-state index contributed by atoms with van der Waals surface area (Å²) in [6, 6.07) is 2.67. The summed E-state index contributed by atoms with van der Waals surface area (Å²) in [4.78, 5) is 0. The standard InChI is InChI=1S/C10H12BF3O3/c1-6(2)17-9-4-7(10(12,13)14)3-8(5-9)11(15)16/h3-6,15-16H,1-2H3. The molecular formula is C10H12BF3O3. The van der Waals surface area contributed by atoms with Crippen molar-refractivity contribution in [3.63, 3.8) is 0 Å². The van der Waals surface area contributed by atoms with Gasteiger partial charge < -0.3 is 14.8 Å². The molecule has 94 valence electrons. The van der Waals surface area contributed by atoms with Crippen molar-refractivity contribution >= 4 is 12.6 Å². The van der Waals surface area contributed by atoms with Crippen molar-refractivity contribution in [2.75, 3.05) is 0 Å². The number of alkyl halides is 3. The van der Waals surface area contributed by atoms with Gasteiger partial charge in [-0.15, -0.1) is 0 Å². The molecule has 0 saturated heterocycles. The van der Waals surface area contributed by atoms with Crippen molar-refractivity contribution in [2.45, 2.75) is 26.1 Å². The van der Waals surface area contributed by atoms with Crippen molar-refractivity contribution in [1.29, 1.82) is 0 Å². The SMILES string of the molecule is CC(C)Oc1cc(B(O)O)cc(C(F)(F)F)c1. The maximum absolute atomic E-state index is 12.5. The Balaban J connectivity index is 3.19. The third kappa shape index (κ3) is 3.94. The van der Waals surface area contributed by atoms with Gasteiger partial charge in [0, 0.05) is 0 Å². The quantitative estimate of drug-likeness (QED) is 0.789. The zero-order chi connectivity index (χ0) is 13.2. The summed E-state index contributed by atoms with van der Waals surface area (Å²) in [5.74, 6) is -0.0436. The van der Waals surface area contributed by atoms with Crippen LogP contribution in [0.5, 0.6) is 5.75 Å². The van der Waals surface area contributed by atoms with E-state index < -0.39 is 18.9 Å². The minimum absolute atomic E-state index is 0.0436. The van der Waals surface area contributed by atoms with Gasteiger partial charge in [-0.3, -0.25) is 0 Å². The Morgan fingerprint density at radius 2 is 1.76 bits per heavy atom. The van der Waals surface area contributed by atoms with Crippen LogP contribution in [0.3, 0.4) is 0 Å². The maximum Gasteiger partial charge on any atom is 0.488 e. The number of benzene rings is 1. The molecule has 1 rings (SSSR count). The molecule has 0 amide bonds. The molecule has 0 saturated carbocycles. The molecular weight excluding hydrogens is 236 g/mol. The van der Waals surface area contributed by atoms with Crippen molar-refractivity contribution in [3.8, 4) is 5.75 Å². The Morgan fingerprint density at radius 1 is 1.18 bits per heavy atom. The van der Waals surface area contributed by atoms with Gasteiger partial charge in [0.15, 0.2) is 0 Å². The topological polar surface area (TPSA) is 49.7 Å². The van der Waals surface area contributed by atoms with E-state index in [9.17, 15) is 13.2 Å². The Bertz CT molecular complexity index is 391.